The van der Waals surface area contributed by atoms with Gasteiger partial charge >= 0.3 is 0 Å². The highest BCUT2D eigenvalue weighted by atomic mass is 35.5. The summed E-state index contributed by atoms with van der Waals surface area (Å²) in [6.45, 7) is 5.59. The summed E-state index contributed by atoms with van der Waals surface area (Å²) in [7, 11) is 0. The molecule has 118 valence electrons. The first-order chi connectivity index (χ1) is 9.58. The van der Waals surface area contributed by atoms with Gasteiger partial charge in [-0.1, -0.05) is 0 Å². The van der Waals surface area contributed by atoms with Gasteiger partial charge in [0.1, 0.15) is 0 Å². The molecule has 1 aromatic rings. The van der Waals surface area contributed by atoms with E-state index in [-0.39, 0.29) is 24.0 Å². The van der Waals surface area contributed by atoms with E-state index in [0.717, 1.165) is 26.1 Å². The van der Waals surface area contributed by atoms with Crippen LogP contribution in [0.25, 0.3) is 0 Å². The Labute approximate surface area is 134 Å². The number of halogens is 1. The van der Waals surface area contributed by atoms with Gasteiger partial charge < -0.3 is 10.2 Å². The zero-order valence-electron chi connectivity index (χ0n) is 12.0. The van der Waals surface area contributed by atoms with Crippen molar-refractivity contribution in [1.29, 1.82) is 0 Å². The van der Waals surface area contributed by atoms with Gasteiger partial charge in [0.25, 0.3) is 11.6 Å². The lowest BCUT2D eigenvalue weighted by molar-refractivity contribution is -0.385. The van der Waals surface area contributed by atoms with E-state index in [4.69, 9.17) is 0 Å². The highest BCUT2D eigenvalue weighted by molar-refractivity contribution is 7.14. The zero-order chi connectivity index (χ0) is 14.5. The van der Waals surface area contributed by atoms with Gasteiger partial charge in [-0.05, 0) is 45.8 Å². The Hall–Kier alpha value is -1.18. The summed E-state index contributed by atoms with van der Waals surface area (Å²) in [4.78, 5) is 25.6. The van der Waals surface area contributed by atoms with Crippen molar-refractivity contribution in [3.63, 3.8) is 0 Å². The molecular weight excluding hydrogens is 314 g/mol. The van der Waals surface area contributed by atoms with Gasteiger partial charge in [0, 0.05) is 12.6 Å². The van der Waals surface area contributed by atoms with Crippen molar-refractivity contribution in [2.45, 2.75) is 26.2 Å². The third-order valence-corrected chi connectivity index (χ3v) is 4.49. The highest BCUT2D eigenvalue weighted by Crippen LogP contribution is 2.27. The summed E-state index contributed by atoms with van der Waals surface area (Å²) in [5.74, 6) is -0.215. The summed E-state index contributed by atoms with van der Waals surface area (Å²) >= 11 is 1.17. The van der Waals surface area contributed by atoms with Crippen LogP contribution in [0.3, 0.4) is 0 Å². The van der Waals surface area contributed by atoms with Gasteiger partial charge in [-0.25, -0.2) is 0 Å². The van der Waals surface area contributed by atoms with E-state index in [2.05, 4.69) is 10.2 Å². The molecule has 0 aliphatic carbocycles. The molecule has 1 aliphatic rings. The average molecular weight is 334 g/mol. The molecule has 1 fully saturated rings. The standard InChI is InChI=1S/C13H19N3O3S.ClH/c1-10-11(16(18)19)9-12(20-10)13(17)14-5-4-8-15-6-2-3-7-15;/h9H,2-8H2,1H3,(H,14,17);1H. The lowest BCUT2D eigenvalue weighted by atomic mass is 10.3. The normalized spacial score (nSPS) is 14.7. The minimum Gasteiger partial charge on any atom is -0.351 e. The third kappa shape index (κ3) is 4.94. The Balaban J connectivity index is 0.00000220. The van der Waals surface area contributed by atoms with Gasteiger partial charge in [-0.15, -0.1) is 23.7 Å². The number of likely N-dealkylation sites (tertiary alicyclic amines) is 1. The first-order valence-electron chi connectivity index (χ1n) is 6.83. The fourth-order valence-electron chi connectivity index (χ4n) is 2.36. The van der Waals surface area contributed by atoms with Crippen LogP contribution in [0.2, 0.25) is 0 Å². The lowest BCUT2D eigenvalue weighted by Gasteiger charge is -2.13. The van der Waals surface area contributed by atoms with Crippen LogP contribution in [0.5, 0.6) is 0 Å². The van der Waals surface area contributed by atoms with Crippen LogP contribution >= 0.6 is 23.7 Å². The molecule has 8 heteroatoms. The molecule has 0 aromatic carbocycles. The number of nitrogens with one attached hydrogen (secondary N) is 1. The van der Waals surface area contributed by atoms with Crippen molar-refractivity contribution in [3.05, 3.63) is 25.9 Å². The molecule has 0 unspecified atom stereocenters. The molecule has 0 atom stereocenters. The average Bonchev–Trinajstić information content (AvgIpc) is 3.03. The lowest BCUT2D eigenvalue weighted by Crippen LogP contribution is -2.28. The van der Waals surface area contributed by atoms with Crippen molar-refractivity contribution in [2.24, 2.45) is 0 Å². The van der Waals surface area contributed by atoms with E-state index >= 15 is 0 Å². The Kier molecular flexibility index (Phi) is 7.07. The van der Waals surface area contributed by atoms with E-state index in [9.17, 15) is 14.9 Å². The predicted molar refractivity (Wildman–Crippen MR) is 85.6 cm³/mol. The quantitative estimate of drug-likeness (QED) is 0.493. The number of thiophene rings is 1. The first-order valence-corrected chi connectivity index (χ1v) is 7.65. The molecule has 0 radical (unpaired) electrons. The largest absolute Gasteiger partial charge is 0.351 e. The fourth-order valence-corrected chi connectivity index (χ4v) is 3.27. The number of carbonyl (C=O) groups excluding carboxylic acids is 1. The minimum atomic E-state index is -0.448. The Bertz CT molecular complexity index is 501. The summed E-state index contributed by atoms with van der Waals surface area (Å²) in [6, 6.07) is 1.36. The van der Waals surface area contributed by atoms with Gasteiger partial charge in [0.05, 0.1) is 14.7 Å². The zero-order valence-corrected chi connectivity index (χ0v) is 13.6. The molecule has 2 rings (SSSR count). The highest BCUT2D eigenvalue weighted by Gasteiger charge is 2.19. The monoisotopic (exact) mass is 333 g/mol. The van der Waals surface area contributed by atoms with Crippen LogP contribution in [0.4, 0.5) is 5.69 Å². The fraction of sp³-hybridized carbons (Fsp3) is 0.615. The van der Waals surface area contributed by atoms with Crippen LogP contribution in [-0.4, -0.2) is 41.9 Å². The molecular formula is C13H20ClN3O3S. The van der Waals surface area contributed by atoms with Crippen molar-refractivity contribution in [1.82, 2.24) is 10.2 Å². The van der Waals surface area contributed by atoms with Crippen LogP contribution in [0.1, 0.15) is 33.8 Å². The van der Waals surface area contributed by atoms with Crippen molar-refractivity contribution >= 4 is 35.3 Å². The molecule has 0 saturated carbocycles. The van der Waals surface area contributed by atoms with E-state index in [1.807, 2.05) is 0 Å². The minimum absolute atomic E-state index is 0. The van der Waals surface area contributed by atoms with Crippen molar-refractivity contribution < 1.29 is 9.72 Å². The SMILES string of the molecule is Cc1sc(C(=O)NCCCN2CCCC2)cc1[N+](=O)[O-].Cl. The van der Waals surface area contributed by atoms with Crippen LogP contribution < -0.4 is 5.32 Å². The Morgan fingerprint density at radius 2 is 2.14 bits per heavy atom. The third-order valence-electron chi connectivity index (χ3n) is 3.45. The number of aryl methyl sites for hydroxylation is 1. The molecule has 2 heterocycles. The molecule has 21 heavy (non-hydrogen) atoms. The molecule has 1 amide bonds. The van der Waals surface area contributed by atoms with Gasteiger partial charge in [-0.2, -0.15) is 0 Å². The molecule has 0 bridgehead atoms. The number of amides is 1. The number of hydrogen-bond acceptors (Lipinski definition) is 5. The second kappa shape index (κ2) is 8.31. The number of nitro groups is 1. The molecule has 1 N–H and O–H groups in total. The van der Waals surface area contributed by atoms with Crippen molar-refractivity contribution in [2.75, 3.05) is 26.2 Å². The van der Waals surface area contributed by atoms with Crippen LogP contribution in [-0.2, 0) is 0 Å². The molecule has 1 saturated heterocycles. The van der Waals surface area contributed by atoms with E-state index in [0.29, 0.717) is 16.3 Å². The summed E-state index contributed by atoms with van der Waals surface area (Å²) in [5, 5.41) is 13.6. The Morgan fingerprint density at radius 1 is 1.48 bits per heavy atom. The first kappa shape index (κ1) is 17.9. The molecule has 6 nitrogen and oxygen atoms in total. The summed E-state index contributed by atoms with van der Waals surface area (Å²) < 4.78 is 0. The van der Waals surface area contributed by atoms with Crippen LogP contribution in [0, 0.1) is 17.0 Å². The summed E-state index contributed by atoms with van der Waals surface area (Å²) in [5.41, 5.74) is 0.0252. The van der Waals surface area contributed by atoms with Crippen LogP contribution in [0.15, 0.2) is 6.07 Å². The van der Waals surface area contributed by atoms with Gasteiger partial charge in [0.15, 0.2) is 0 Å². The maximum absolute atomic E-state index is 11.9. The summed E-state index contributed by atoms with van der Waals surface area (Å²) in [6.07, 6.45) is 3.45. The van der Waals surface area contributed by atoms with Gasteiger partial charge in [-0.3, -0.25) is 14.9 Å². The smallest absolute Gasteiger partial charge is 0.283 e. The number of nitrogens with zero attached hydrogens (tertiary/aromatic N) is 2. The number of rotatable bonds is 6. The second-order valence-corrected chi connectivity index (χ2v) is 6.22. The van der Waals surface area contributed by atoms with E-state index in [1.165, 1.54) is 30.2 Å². The van der Waals surface area contributed by atoms with Gasteiger partial charge in [0.2, 0.25) is 0 Å². The molecule has 1 aliphatic heterocycles. The topological polar surface area (TPSA) is 75.5 Å². The van der Waals surface area contributed by atoms with E-state index < -0.39 is 4.92 Å². The number of hydrogen-bond donors (Lipinski definition) is 1. The second-order valence-electron chi connectivity index (χ2n) is 4.97. The van der Waals surface area contributed by atoms with Crippen molar-refractivity contribution in [3.8, 4) is 0 Å². The predicted octanol–water partition coefficient (Wildman–Crippen LogP) is 2.60. The number of carbonyl (C=O) groups is 1. The maximum atomic E-state index is 11.9. The maximum Gasteiger partial charge on any atom is 0.283 e. The Morgan fingerprint density at radius 3 is 2.71 bits per heavy atom. The van der Waals surface area contributed by atoms with E-state index in [1.54, 1.807) is 6.92 Å². The molecule has 0 spiro atoms. The molecule has 1 aromatic heterocycles.